The predicted octanol–water partition coefficient (Wildman–Crippen LogP) is 3.42. The van der Waals surface area contributed by atoms with Gasteiger partial charge >= 0.3 is 0 Å². The molecule has 1 N–H and O–H groups in total. The average molecular weight is 313 g/mol. The third-order valence-corrected chi connectivity index (χ3v) is 3.74. The Hall–Kier alpha value is -2.58. The van der Waals surface area contributed by atoms with Crippen molar-refractivity contribution >= 4 is 5.69 Å². The molecule has 2 aromatic rings. The molecular weight excluding hydrogens is 293 g/mol. The maximum atomic E-state index is 13.7. The fraction of sp³-hybridized carbons (Fsp3) is 0.278. The van der Waals surface area contributed by atoms with Crippen LogP contribution in [0.3, 0.4) is 0 Å². The van der Waals surface area contributed by atoms with E-state index in [9.17, 15) is 4.39 Å². The van der Waals surface area contributed by atoms with E-state index in [0.717, 1.165) is 11.3 Å². The molecule has 0 amide bonds. The third-order valence-electron chi connectivity index (χ3n) is 3.74. The Kier molecular flexibility index (Phi) is 5.56. The first kappa shape index (κ1) is 16.8. The van der Waals surface area contributed by atoms with Gasteiger partial charge in [0.1, 0.15) is 23.2 Å². The van der Waals surface area contributed by atoms with E-state index in [0.29, 0.717) is 12.2 Å². The van der Waals surface area contributed by atoms with Crippen LogP contribution in [0.15, 0.2) is 42.5 Å². The standard InChI is InChI=1S/C18H20FN3O/c1-22(2)18(13-7-9-14(23-3)10-8-13)12-21-17-6-4-5-16(19)15(17)11-20/h4-10,18,21H,12H2,1-3H3. The maximum Gasteiger partial charge on any atom is 0.143 e. The number of nitriles is 1. The average Bonchev–Trinajstić information content (AvgIpc) is 2.55. The SMILES string of the molecule is COc1ccc(C(CNc2cccc(F)c2C#N)N(C)C)cc1. The summed E-state index contributed by atoms with van der Waals surface area (Å²) in [5, 5.41) is 12.3. The summed E-state index contributed by atoms with van der Waals surface area (Å²) in [6, 6.07) is 14.4. The van der Waals surface area contributed by atoms with Gasteiger partial charge in [0, 0.05) is 6.54 Å². The summed E-state index contributed by atoms with van der Waals surface area (Å²) < 4.78 is 18.8. The normalized spacial score (nSPS) is 11.8. The molecule has 4 nitrogen and oxygen atoms in total. The Bertz CT molecular complexity index is 692. The third kappa shape index (κ3) is 3.99. The smallest absolute Gasteiger partial charge is 0.143 e. The van der Waals surface area contributed by atoms with E-state index in [2.05, 4.69) is 10.2 Å². The number of nitrogens with one attached hydrogen (secondary N) is 1. The molecule has 0 heterocycles. The Balaban J connectivity index is 2.18. The number of halogens is 1. The highest BCUT2D eigenvalue weighted by Crippen LogP contribution is 2.24. The number of hydrogen-bond donors (Lipinski definition) is 1. The summed E-state index contributed by atoms with van der Waals surface area (Å²) in [6.45, 7) is 0.553. The van der Waals surface area contributed by atoms with Crippen molar-refractivity contribution < 1.29 is 9.13 Å². The molecule has 0 aliphatic heterocycles. The maximum absolute atomic E-state index is 13.7. The number of nitrogens with zero attached hydrogens (tertiary/aromatic N) is 2. The molecule has 1 atom stereocenters. The fourth-order valence-corrected chi connectivity index (χ4v) is 2.42. The summed E-state index contributed by atoms with van der Waals surface area (Å²) in [6.07, 6.45) is 0. The summed E-state index contributed by atoms with van der Waals surface area (Å²) in [4.78, 5) is 2.07. The Morgan fingerprint density at radius 1 is 1.22 bits per heavy atom. The molecule has 23 heavy (non-hydrogen) atoms. The number of benzene rings is 2. The second-order valence-electron chi connectivity index (χ2n) is 5.41. The number of anilines is 1. The van der Waals surface area contributed by atoms with Crippen LogP contribution < -0.4 is 10.1 Å². The van der Waals surface area contributed by atoms with Gasteiger partial charge in [0.2, 0.25) is 0 Å². The van der Waals surface area contributed by atoms with E-state index in [4.69, 9.17) is 10.00 Å². The van der Waals surface area contributed by atoms with Crippen LogP contribution >= 0.6 is 0 Å². The van der Waals surface area contributed by atoms with Gasteiger partial charge in [-0.15, -0.1) is 0 Å². The van der Waals surface area contributed by atoms with Crippen LogP contribution in [0.25, 0.3) is 0 Å². The lowest BCUT2D eigenvalue weighted by Crippen LogP contribution is -2.27. The predicted molar refractivity (Wildman–Crippen MR) is 89.0 cm³/mol. The zero-order valence-corrected chi connectivity index (χ0v) is 13.5. The first-order valence-corrected chi connectivity index (χ1v) is 7.29. The van der Waals surface area contributed by atoms with E-state index in [1.54, 1.807) is 19.2 Å². The van der Waals surface area contributed by atoms with Crippen molar-refractivity contribution in [2.45, 2.75) is 6.04 Å². The topological polar surface area (TPSA) is 48.3 Å². The molecule has 2 aromatic carbocycles. The van der Waals surface area contributed by atoms with Crippen LogP contribution in [0.4, 0.5) is 10.1 Å². The molecule has 1 unspecified atom stereocenters. The second-order valence-corrected chi connectivity index (χ2v) is 5.41. The molecule has 0 aromatic heterocycles. The molecule has 0 saturated heterocycles. The van der Waals surface area contributed by atoms with Crippen LogP contribution in [0.5, 0.6) is 5.75 Å². The minimum Gasteiger partial charge on any atom is -0.497 e. The minimum absolute atomic E-state index is 0.0414. The first-order valence-electron chi connectivity index (χ1n) is 7.29. The van der Waals surface area contributed by atoms with Crippen molar-refractivity contribution in [1.29, 1.82) is 5.26 Å². The van der Waals surface area contributed by atoms with Gasteiger partial charge in [0.25, 0.3) is 0 Å². The summed E-state index contributed by atoms with van der Waals surface area (Å²) >= 11 is 0. The van der Waals surface area contributed by atoms with Gasteiger partial charge in [-0.1, -0.05) is 18.2 Å². The molecular formula is C18H20FN3O. The van der Waals surface area contributed by atoms with E-state index in [1.165, 1.54) is 6.07 Å². The van der Waals surface area contributed by atoms with Crippen molar-refractivity contribution in [3.05, 3.63) is 59.4 Å². The Labute approximate surface area is 136 Å². The summed E-state index contributed by atoms with van der Waals surface area (Å²) in [5.74, 6) is 0.291. The molecule has 120 valence electrons. The van der Waals surface area contributed by atoms with Crippen LogP contribution in [-0.4, -0.2) is 32.6 Å². The highest BCUT2D eigenvalue weighted by Gasteiger charge is 2.15. The number of rotatable bonds is 6. The van der Waals surface area contributed by atoms with Crippen molar-refractivity contribution in [3.63, 3.8) is 0 Å². The molecule has 0 radical (unpaired) electrons. The van der Waals surface area contributed by atoms with E-state index < -0.39 is 5.82 Å². The molecule has 2 rings (SSSR count). The van der Waals surface area contributed by atoms with Gasteiger partial charge in [0.05, 0.1) is 18.8 Å². The minimum atomic E-state index is -0.511. The summed E-state index contributed by atoms with van der Waals surface area (Å²) in [5.41, 5.74) is 1.66. The van der Waals surface area contributed by atoms with Crippen LogP contribution in [-0.2, 0) is 0 Å². The highest BCUT2D eigenvalue weighted by atomic mass is 19.1. The fourth-order valence-electron chi connectivity index (χ4n) is 2.42. The second kappa shape index (κ2) is 7.61. The zero-order valence-electron chi connectivity index (χ0n) is 13.5. The van der Waals surface area contributed by atoms with Gasteiger partial charge in [0.15, 0.2) is 0 Å². The molecule has 0 aliphatic rings. The van der Waals surface area contributed by atoms with Crippen LogP contribution in [0, 0.1) is 17.1 Å². The van der Waals surface area contributed by atoms with Crippen molar-refractivity contribution in [3.8, 4) is 11.8 Å². The number of hydrogen-bond acceptors (Lipinski definition) is 4. The molecule has 0 fully saturated rings. The van der Waals surface area contributed by atoms with Gasteiger partial charge in [-0.05, 0) is 43.9 Å². The molecule has 5 heteroatoms. The lowest BCUT2D eigenvalue weighted by Gasteiger charge is -2.26. The van der Waals surface area contributed by atoms with E-state index in [1.807, 2.05) is 44.4 Å². The van der Waals surface area contributed by atoms with E-state index in [-0.39, 0.29) is 11.6 Å². The van der Waals surface area contributed by atoms with Crippen molar-refractivity contribution in [2.24, 2.45) is 0 Å². The van der Waals surface area contributed by atoms with Crippen molar-refractivity contribution in [2.75, 3.05) is 33.1 Å². The zero-order chi connectivity index (χ0) is 16.8. The molecule has 0 bridgehead atoms. The lowest BCUT2D eigenvalue weighted by molar-refractivity contribution is 0.311. The van der Waals surface area contributed by atoms with Crippen molar-refractivity contribution in [1.82, 2.24) is 4.90 Å². The lowest BCUT2D eigenvalue weighted by atomic mass is 10.1. The first-order chi connectivity index (χ1) is 11.1. The highest BCUT2D eigenvalue weighted by molar-refractivity contribution is 5.58. The Morgan fingerprint density at radius 3 is 2.48 bits per heavy atom. The number of ether oxygens (including phenoxy) is 1. The summed E-state index contributed by atoms with van der Waals surface area (Å²) in [7, 11) is 5.59. The number of likely N-dealkylation sites (N-methyl/N-ethyl adjacent to an activating group) is 1. The Morgan fingerprint density at radius 2 is 1.91 bits per heavy atom. The monoisotopic (exact) mass is 313 g/mol. The molecule has 0 saturated carbocycles. The number of methoxy groups -OCH3 is 1. The molecule has 0 spiro atoms. The van der Waals surface area contributed by atoms with Crippen LogP contribution in [0.2, 0.25) is 0 Å². The largest absolute Gasteiger partial charge is 0.497 e. The van der Waals surface area contributed by atoms with Gasteiger partial charge in [-0.2, -0.15) is 5.26 Å². The van der Waals surface area contributed by atoms with Crippen LogP contribution in [0.1, 0.15) is 17.2 Å². The van der Waals surface area contributed by atoms with Gasteiger partial charge < -0.3 is 15.0 Å². The van der Waals surface area contributed by atoms with E-state index >= 15 is 0 Å². The quantitative estimate of drug-likeness (QED) is 0.888. The van der Waals surface area contributed by atoms with Gasteiger partial charge in [-0.3, -0.25) is 0 Å². The van der Waals surface area contributed by atoms with Gasteiger partial charge in [-0.25, -0.2) is 4.39 Å². The molecule has 0 aliphatic carbocycles.